The van der Waals surface area contributed by atoms with Crippen molar-refractivity contribution in [1.82, 2.24) is 10.2 Å². The molecule has 1 atom stereocenters. The van der Waals surface area contributed by atoms with Gasteiger partial charge in [0.2, 0.25) is 0 Å². The van der Waals surface area contributed by atoms with E-state index in [0.717, 1.165) is 16.8 Å². The van der Waals surface area contributed by atoms with E-state index in [1.165, 1.54) is 0 Å². The first kappa shape index (κ1) is 11.3. The lowest BCUT2D eigenvalue weighted by Gasteiger charge is -2.07. The Hall–Kier alpha value is -2.14. The van der Waals surface area contributed by atoms with Crippen molar-refractivity contribution in [3.8, 4) is 11.3 Å². The van der Waals surface area contributed by atoms with Gasteiger partial charge in [-0.3, -0.25) is 9.89 Å². The van der Waals surface area contributed by atoms with Crippen molar-refractivity contribution in [2.45, 2.75) is 12.5 Å². The molecule has 88 valence electrons. The molecule has 0 aliphatic heterocycles. The fourth-order valence-corrected chi connectivity index (χ4v) is 1.62. The minimum absolute atomic E-state index is 0.317. The average Bonchev–Trinajstić information content (AvgIpc) is 2.82. The van der Waals surface area contributed by atoms with E-state index in [4.69, 9.17) is 10.8 Å². The van der Waals surface area contributed by atoms with Crippen LogP contribution < -0.4 is 5.73 Å². The van der Waals surface area contributed by atoms with Gasteiger partial charge in [-0.1, -0.05) is 18.2 Å². The number of benzene rings is 1. The molecular formula is C12H13N3O2. The summed E-state index contributed by atoms with van der Waals surface area (Å²) in [6.07, 6.45) is 1.99. The molecule has 1 aromatic carbocycles. The second kappa shape index (κ2) is 4.80. The number of nitrogens with zero attached hydrogens (tertiary/aromatic N) is 1. The predicted octanol–water partition coefficient (Wildman–Crippen LogP) is 1.03. The molecule has 0 spiro atoms. The Morgan fingerprint density at radius 3 is 2.94 bits per heavy atom. The summed E-state index contributed by atoms with van der Waals surface area (Å²) in [6, 6.07) is 8.57. The third-order valence-corrected chi connectivity index (χ3v) is 2.51. The fraction of sp³-hybridized carbons (Fsp3) is 0.167. The van der Waals surface area contributed by atoms with E-state index in [9.17, 15) is 4.79 Å². The third kappa shape index (κ3) is 2.70. The van der Waals surface area contributed by atoms with Crippen LogP contribution in [-0.4, -0.2) is 27.3 Å². The molecule has 0 fully saturated rings. The molecule has 0 saturated carbocycles. The summed E-state index contributed by atoms with van der Waals surface area (Å²) in [5, 5.41) is 15.5. The van der Waals surface area contributed by atoms with Crippen LogP contribution in [0.5, 0.6) is 0 Å². The first-order chi connectivity index (χ1) is 8.16. The van der Waals surface area contributed by atoms with Crippen molar-refractivity contribution in [2.75, 3.05) is 0 Å². The van der Waals surface area contributed by atoms with Gasteiger partial charge < -0.3 is 10.8 Å². The molecule has 1 unspecified atom stereocenters. The molecule has 1 aromatic heterocycles. The van der Waals surface area contributed by atoms with Crippen molar-refractivity contribution in [3.05, 3.63) is 42.1 Å². The number of nitrogens with two attached hydrogens (primary N) is 1. The lowest BCUT2D eigenvalue weighted by atomic mass is 10.0. The summed E-state index contributed by atoms with van der Waals surface area (Å²) in [5.74, 6) is -0.989. The average molecular weight is 231 g/mol. The predicted molar refractivity (Wildman–Crippen MR) is 63.3 cm³/mol. The van der Waals surface area contributed by atoms with E-state index in [0.29, 0.717) is 6.42 Å². The van der Waals surface area contributed by atoms with Crippen LogP contribution in [0.4, 0.5) is 0 Å². The van der Waals surface area contributed by atoms with Gasteiger partial charge in [-0.25, -0.2) is 0 Å². The number of carboxylic acids is 1. The molecule has 17 heavy (non-hydrogen) atoms. The number of aromatic amines is 1. The molecule has 0 saturated heterocycles. The fourth-order valence-electron chi connectivity index (χ4n) is 1.62. The van der Waals surface area contributed by atoms with Crippen molar-refractivity contribution in [1.29, 1.82) is 0 Å². The van der Waals surface area contributed by atoms with Crippen molar-refractivity contribution < 1.29 is 9.90 Å². The van der Waals surface area contributed by atoms with Gasteiger partial charge >= 0.3 is 5.97 Å². The monoisotopic (exact) mass is 231 g/mol. The summed E-state index contributed by atoms with van der Waals surface area (Å²) < 4.78 is 0. The molecule has 2 rings (SSSR count). The van der Waals surface area contributed by atoms with Crippen LogP contribution in [0.15, 0.2) is 36.5 Å². The standard InChI is InChI=1S/C12H13N3O2/c13-10(12(16)17)7-8-2-1-3-9(6-8)11-4-5-14-15-11/h1-6,10H,7,13H2,(H,14,15)(H,16,17). The van der Waals surface area contributed by atoms with E-state index in [1.54, 1.807) is 6.20 Å². The van der Waals surface area contributed by atoms with E-state index in [-0.39, 0.29) is 0 Å². The highest BCUT2D eigenvalue weighted by atomic mass is 16.4. The minimum Gasteiger partial charge on any atom is -0.480 e. The van der Waals surface area contributed by atoms with Gasteiger partial charge in [0.05, 0.1) is 5.69 Å². The second-order valence-corrected chi connectivity index (χ2v) is 3.82. The van der Waals surface area contributed by atoms with Crippen LogP contribution in [0.2, 0.25) is 0 Å². The quantitative estimate of drug-likeness (QED) is 0.732. The Balaban J connectivity index is 2.20. The molecule has 1 heterocycles. The normalized spacial score (nSPS) is 12.3. The van der Waals surface area contributed by atoms with Crippen LogP contribution in [0.25, 0.3) is 11.3 Å². The molecule has 2 aromatic rings. The van der Waals surface area contributed by atoms with Gasteiger partial charge in [0.15, 0.2) is 0 Å². The molecular weight excluding hydrogens is 218 g/mol. The largest absolute Gasteiger partial charge is 0.480 e. The summed E-state index contributed by atoms with van der Waals surface area (Å²) in [6.45, 7) is 0. The molecule has 0 aliphatic carbocycles. The number of carbonyl (C=O) groups is 1. The molecule has 5 heteroatoms. The molecule has 5 nitrogen and oxygen atoms in total. The number of hydrogen-bond acceptors (Lipinski definition) is 3. The van der Waals surface area contributed by atoms with Crippen LogP contribution in [0.3, 0.4) is 0 Å². The van der Waals surface area contributed by atoms with Crippen molar-refractivity contribution >= 4 is 5.97 Å². The van der Waals surface area contributed by atoms with Crippen LogP contribution in [0.1, 0.15) is 5.56 Å². The highest BCUT2D eigenvalue weighted by Crippen LogP contribution is 2.18. The summed E-state index contributed by atoms with van der Waals surface area (Å²) in [5.41, 5.74) is 8.26. The number of hydrogen-bond donors (Lipinski definition) is 3. The van der Waals surface area contributed by atoms with E-state index in [2.05, 4.69) is 10.2 Å². The van der Waals surface area contributed by atoms with Crippen LogP contribution in [-0.2, 0) is 11.2 Å². The maximum Gasteiger partial charge on any atom is 0.320 e. The van der Waals surface area contributed by atoms with Gasteiger partial charge in [-0.15, -0.1) is 0 Å². The Bertz CT molecular complexity index is 508. The van der Waals surface area contributed by atoms with Crippen LogP contribution >= 0.6 is 0 Å². The number of aromatic nitrogens is 2. The van der Waals surface area contributed by atoms with Crippen molar-refractivity contribution in [3.63, 3.8) is 0 Å². The molecule has 0 amide bonds. The van der Waals surface area contributed by atoms with Crippen LogP contribution in [0, 0.1) is 0 Å². The summed E-state index contributed by atoms with van der Waals surface area (Å²) in [7, 11) is 0. The molecule has 0 radical (unpaired) electrons. The Labute approximate surface area is 98.3 Å². The summed E-state index contributed by atoms with van der Waals surface area (Å²) in [4.78, 5) is 10.7. The Kier molecular flexibility index (Phi) is 3.20. The Morgan fingerprint density at radius 1 is 1.47 bits per heavy atom. The smallest absolute Gasteiger partial charge is 0.320 e. The molecule has 0 aliphatic rings. The lowest BCUT2D eigenvalue weighted by molar-refractivity contribution is -0.138. The zero-order valence-corrected chi connectivity index (χ0v) is 9.13. The maximum absolute atomic E-state index is 10.7. The highest BCUT2D eigenvalue weighted by molar-refractivity contribution is 5.73. The lowest BCUT2D eigenvalue weighted by Crippen LogP contribution is -2.32. The van der Waals surface area contributed by atoms with Gasteiger partial charge in [0.25, 0.3) is 0 Å². The SMILES string of the molecule is NC(Cc1cccc(-c2ccn[nH]2)c1)C(=O)O. The highest BCUT2D eigenvalue weighted by Gasteiger charge is 2.12. The van der Waals surface area contributed by atoms with Gasteiger partial charge in [-0.05, 0) is 29.7 Å². The number of nitrogens with one attached hydrogen (secondary N) is 1. The summed E-state index contributed by atoms with van der Waals surface area (Å²) >= 11 is 0. The zero-order chi connectivity index (χ0) is 12.3. The maximum atomic E-state index is 10.7. The van der Waals surface area contributed by atoms with Gasteiger partial charge in [0.1, 0.15) is 6.04 Å². The minimum atomic E-state index is -0.989. The second-order valence-electron chi connectivity index (χ2n) is 3.82. The van der Waals surface area contributed by atoms with E-state index >= 15 is 0 Å². The first-order valence-corrected chi connectivity index (χ1v) is 5.24. The topological polar surface area (TPSA) is 92.0 Å². The number of carboxylic acid groups (broad SMARTS) is 1. The van der Waals surface area contributed by atoms with Gasteiger partial charge in [-0.2, -0.15) is 5.10 Å². The number of aliphatic carboxylic acids is 1. The molecule has 4 N–H and O–H groups in total. The zero-order valence-electron chi connectivity index (χ0n) is 9.13. The Morgan fingerprint density at radius 2 is 2.29 bits per heavy atom. The number of H-pyrrole nitrogens is 1. The third-order valence-electron chi connectivity index (χ3n) is 2.51. The first-order valence-electron chi connectivity index (χ1n) is 5.24. The van der Waals surface area contributed by atoms with E-state index < -0.39 is 12.0 Å². The van der Waals surface area contributed by atoms with Crippen molar-refractivity contribution in [2.24, 2.45) is 5.73 Å². The molecule has 0 bridgehead atoms. The van der Waals surface area contributed by atoms with Gasteiger partial charge in [0, 0.05) is 6.20 Å². The number of rotatable bonds is 4. The van der Waals surface area contributed by atoms with E-state index in [1.807, 2.05) is 30.3 Å².